The normalized spacial score (nSPS) is 16.0. The lowest BCUT2D eigenvalue weighted by Crippen LogP contribution is -2.54. The number of nitrogens with one attached hydrogen (secondary N) is 1. The zero-order valence-corrected chi connectivity index (χ0v) is 28.9. The number of methoxy groups -OCH3 is 2. The highest BCUT2D eigenvalue weighted by atomic mass is 32.2. The summed E-state index contributed by atoms with van der Waals surface area (Å²) in [4.78, 5) is 38.4. The van der Waals surface area contributed by atoms with Crippen molar-refractivity contribution in [1.82, 2.24) is 19.7 Å². The molecule has 49 heavy (non-hydrogen) atoms. The van der Waals surface area contributed by atoms with E-state index in [1.165, 1.54) is 68.9 Å². The number of carbonyl (C=O) groups excluding carboxylic acids is 2. The second-order valence-electron chi connectivity index (χ2n) is 11.7. The van der Waals surface area contributed by atoms with Crippen LogP contribution in [0.1, 0.15) is 35.7 Å². The summed E-state index contributed by atoms with van der Waals surface area (Å²) in [5.74, 6) is -0.808. The molecule has 14 nitrogen and oxygen atoms in total. The Bertz CT molecular complexity index is 1820. The van der Waals surface area contributed by atoms with E-state index in [1.807, 2.05) is 6.07 Å². The molecule has 2 aromatic carbocycles. The maximum absolute atomic E-state index is 14.6. The minimum Gasteiger partial charge on any atom is -0.497 e. The molecule has 0 saturated carbocycles. The fourth-order valence-corrected chi connectivity index (χ4v) is 7.64. The molecule has 0 spiro atoms. The van der Waals surface area contributed by atoms with Gasteiger partial charge in [-0.05, 0) is 82.4 Å². The number of ether oxygens (including phenoxy) is 3. The molecular formula is C34H41N7O7S. The number of piperidine rings is 1. The third-order valence-electron chi connectivity index (χ3n) is 8.75. The number of rotatable bonds is 10. The third kappa shape index (κ3) is 7.72. The van der Waals surface area contributed by atoms with E-state index in [0.717, 1.165) is 25.9 Å². The maximum Gasteiger partial charge on any atom is 0.321 e. The largest absolute Gasteiger partial charge is 0.497 e. The van der Waals surface area contributed by atoms with Gasteiger partial charge < -0.3 is 29.3 Å². The molecule has 0 atom stereocenters. The lowest BCUT2D eigenvalue weighted by Gasteiger charge is -2.42. The lowest BCUT2D eigenvalue weighted by molar-refractivity contribution is 0.0775. The predicted octanol–water partition coefficient (Wildman–Crippen LogP) is 3.65. The van der Waals surface area contributed by atoms with Gasteiger partial charge in [-0.25, -0.2) is 18.2 Å². The van der Waals surface area contributed by atoms with Crippen LogP contribution in [0.4, 0.5) is 16.2 Å². The number of piperazine rings is 1. The predicted molar refractivity (Wildman–Crippen MR) is 183 cm³/mol. The molecule has 2 saturated heterocycles. The zero-order valence-electron chi connectivity index (χ0n) is 28.1. The standard InChI is InChI=1S/C34H41N7O7S/c1-5-48-32-27(7-6-14-36-32)33(42)41(49(44,45)31-11-9-26(46-3)22-30(31)47-4)29-10-8-24(23-35)21-28(29)37-34(43)40-19-17-39(18-20-40)25-12-15-38(2)16-13-25/h6-11,14,21-22,25H,5,12-13,15-20H2,1-4H3,(H,37,43). The summed E-state index contributed by atoms with van der Waals surface area (Å²) in [5, 5.41) is 12.6. The molecule has 2 aliphatic heterocycles. The summed E-state index contributed by atoms with van der Waals surface area (Å²) in [5.41, 5.74) is -0.221. The number of likely N-dealkylation sites (tertiary alicyclic amines) is 1. The first-order valence-electron chi connectivity index (χ1n) is 16.0. The Hall–Kier alpha value is -4.91. The van der Waals surface area contributed by atoms with E-state index in [2.05, 4.69) is 27.1 Å². The van der Waals surface area contributed by atoms with Crippen LogP contribution in [-0.2, 0) is 10.0 Å². The van der Waals surface area contributed by atoms with Gasteiger partial charge in [0.15, 0.2) is 0 Å². The minimum absolute atomic E-state index is 0.0481. The Labute approximate surface area is 286 Å². The third-order valence-corrected chi connectivity index (χ3v) is 10.5. The zero-order chi connectivity index (χ0) is 35.1. The van der Waals surface area contributed by atoms with Gasteiger partial charge >= 0.3 is 6.03 Å². The van der Waals surface area contributed by atoms with E-state index >= 15 is 0 Å². The number of carbonyl (C=O) groups is 2. The van der Waals surface area contributed by atoms with Crippen molar-refractivity contribution in [3.05, 3.63) is 65.9 Å². The van der Waals surface area contributed by atoms with E-state index in [0.29, 0.717) is 42.3 Å². The van der Waals surface area contributed by atoms with Crippen LogP contribution in [0.15, 0.2) is 59.6 Å². The number of hydrogen-bond donors (Lipinski definition) is 1. The number of anilines is 2. The van der Waals surface area contributed by atoms with Crippen molar-refractivity contribution in [2.24, 2.45) is 0 Å². The van der Waals surface area contributed by atoms with Crippen LogP contribution in [0.5, 0.6) is 17.4 Å². The van der Waals surface area contributed by atoms with Crippen molar-refractivity contribution in [3.8, 4) is 23.4 Å². The Morgan fingerprint density at radius 1 is 1.02 bits per heavy atom. The SMILES string of the molecule is CCOc1ncccc1C(=O)N(c1ccc(C#N)cc1NC(=O)N1CCN(C2CCN(C)CC2)CC1)S(=O)(=O)c1ccc(OC)cc1OC. The average molecular weight is 692 g/mol. The summed E-state index contributed by atoms with van der Waals surface area (Å²) < 4.78 is 46.1. The summed E-state index contributed by atoms with van der Waals surface area (Å²) >= 11 is 0. The molecule has 15 heteroatoms. The lowest BCUT2D eigenvalue weighted by atomic mass is 10.0. The number of nitrogens with zero attached hydrogens (tertiary/aromatic N) is 6. The van der Waals surface area contributed by atoms with Gasteiger partial charge in [-0.2, -0.15) is 9.57 Å². The van der Waals surface area contributed by atoms with Gasteiger partial charge in [0.25, 0.3) is 15.9 Å². The highest BCUT2D eigenvalue weighted by molar-refractivity contribution is 7.93. The van der Waals surface area contributed by atoms with Crippen LogP contribution in [0.3, 0.4) is 0 Å². The summed E-state index contributed by atoms with van der Waals surface area (Å²) in [7, 11) is 0.0828. The minimum atomic E-state index is -4.77. The van der Waals surface area contributed by atoms with Crippen LogP contribution in [0, 0.1) is 11.3 Å². The van der Waals surface area contributed by atoms with E-state index in [9.17, 15) is 23.3 Å². The topological polar surface area (TPSA) is 158 Å². The van der Waals surface area contributed by atoms with Crippen molar-refractivity contribution < 1.29 is 32.2 Å². The molecule has 0 unspecified atom stereocenters. The van der Waals surface area contributed by atoms with Gasteiger partial charge in [-0.3, -0.25) is 9.69 Å². The number of aromatic nitrogens is 1. The molecule has 3 heterocycles. The Morgan fingerprint density at radius 2 is 1.76 bits per heavy atom. The van der Waals surface area contributed by atoms with Gasteiger partial charge in [-0.1, -0.05) is 0 Å². The van der Waals surface area contributed by atoms with Gasteiger partial charge in [0.1, 0.15) is 22.0 Å². The number of benzene rings is 2. The van der Waals surface area contributed by atoms with Crippen molar-refractivity contribution >= 4 is 33.3 Å². The van der Waals surface area contributed by atoms with Gasteiger partial charge in [0, 0.05) is 44.5 Å². The van der Waals surface area contributed by atoms with Crippen molar-refractivity contribution in [2.45, 2.75) is 30.7 Å². The molecule has 260 valence electrons. The average Bonchev–Trinajstić information content (AvgIpc) is 3.12. The van der Waals surface area contributed by atoms with Crippen molar-refractivity contribution in [2.75, 3.05) is 76.8 Å². The monoisotopic (exact) mass is 691 g/mol. The molecule has 0 bridgehead atoms. The maximum atomic E-state index is 14.6. The van der Waals surface area contributed by atoms with E-state index in [4.69, 9.17) is 14.2 Å². The van der Waals surface area contributed by atoms with Gasteiger partial charge in [0.2, 0.25) is 5.88 Å². The molecule has 1 N–H and O–H groups in total. The van der Waals surface area contributed by atoms with Crippen molar-refractivity contribution in [3.63, 3.8) is 0 Å². The van der Waals surface area contributed by atoms with E-state index in [-0.39, 0.29) is 45.6 Å². The summed E-state index contributed by atoms with van der Waals surface area (Å²) in [6.45, 7) is 6.27. The molecule has 0 aliphatic carbocycles. The van der Waals surface area contributed by atoms with Crippen LogP contribution < -0.4 is 23.8 Å². The van der Waals surface area contributed by atoms with Crippen LogP contribution in [-0.4, -0.2) is 113 Å². The fraction of sp³-hybridized carbons (Fsp3) is 0.412. The summed E-state index contributed by atoms with van der Waals surface area (Å²) in [6.07, 6.45) is 3.57. The number of hydrogen-bond acceptors (Lipinski definition) is 11. The Kier molecular flexibility index (Phi) is 11.2. The second-order valence-corrected chi connectivity index (χ2v) is 13.5. The molecular weight excluding hydrogens is 650 g/mol. The molecule has 2 aliphatic rings. The first kappa shape index (κ1) is 35.4. The molecule has 5 rings (SSSR count). The number of sulfonamides is 1. The highest BCUT2D eigenvalue weighted by Crippen LogP contribution is 2.38. The molecule has 3 amide bonds. The molecule has 1 aromatic heterocycles. The quantitative estimate of drug-likeness (QED) is 0.331. The Morgan fingerprint density at radius 3 is 2.41 bits per heavy atom. The smallest absolute Gasteiger partial charge is 0.321 e. The van der Waals surface area contributed by atoms with E-state index in [1.54, 1.807) is 11.8 Å². The number of urea groups is 1. The number of nitriles is 1. The Balaban J connectivity index is 1.53. The first-order chi connectivity index (χ1) is 23.6. The van der Waals surface area contributed by atoms with E-state index < -0.39 is 22.0 Å². The summed E-state index contributed by atoms with van der Waals surface area (Å²) in [6, 6.07) is 13.0. The van der Waals surface area contributed by atoms with Gasteiger partial charge in [0.05, 0.1) is 43.8 Å². The number of amides is 3. The molecule has 0 radical (unpaired) electrons. The number of pyridine rings is 1. The van der Waals surface area contributed by atoms with Gasteiger partial charge in [-0.15, -0.1) is 0 Å². The van der Waals surface area contributed by atoms with Crippen LogP contribution >= 0.6 is 0 Å². The highest BCUT2D eigenvalue weighted by Gasteiger charge is 2.38. The molecule has 3 aromatic rings. The first-order valence-corrected chi connectivity index (χ1v) is 17.5. The second kappa shape index (κ2) is 15.5. The van der Waals surface area contributed by atoms with Crippen molar-refractivity contribution in [1.29, 1.82) is 5.26 Å². The molecule has 2 fully saturated rings. The fourth-order valence-electron chi connectivity index (χ4n) is 6.08. The van der Waals surface area contributed by atoms with Crippen LogP contribution in [0.25, 0.3) is 0 Å². The van der Waals surface area contributed by atoms with Crippen LogP contribution in [0.2, 0.25) is 0 Å².